The van der Waals surface area contributed by atoms with Crippen LogP contribution >= 0.6 is 0 Å². The Hall–Kier alpha value is -1.14. The Morgan fingerprint density at radius 3 is 2.41 bits per heavy atom. The average Bonchev–Trinajstić information content (AvgIpc) is 2.53. The molecule has 0 radical (unpaired) electrons. The highest BCUT2D eigenvalue weighted by molar-refractivity contribution is 5.46. The van der Waals surface area contributed by atoms with Crippen molar-refractivity contribution in [2.45, 2.75) is 65.1 Å². The molecule has 5 heteroatoms. The summed E-state index contributed by atoms with van der Waals surface area (Å²) in [6.07, 6.45) is 4.75. The van der Waals surface area contributed by atoms with Crippen molar-refractivity contribution in [1.29, 1.82) is 0 Å². The van der Waals surface area contributed by atoms with Crippen LogP contribution in [0.3, 0.4) is 0 Å². The van der Waals surface area contributed by atoms with Crippen molar-refractivity contribution in [2.75, 3.05) is 12.3 Å². The number of aliphatic hydroxyl groups excluding tert-OH is 1. The molecule has 1 rings (SSSR count). The molecule has 22 heavy (non-hydrogen) atoms. The van der Waals surface area contributed by atoms with Gasteiger partial charge in [-0.15, -0.1) is 0 Å². The molecular weight excluding hydrogens is 278 g/mol. The lowest BCUT2D eigenvalue weighted by Crippen LogP contribution is -2.46. The molecule has 0 aliphatic rings. The van der Waals surface area contributed by atoms with E-state index >= 15 is 0 Å². The van der Waals surface area contributed by atoms with Crippen molar-refractivity contribution in [3.8, 4) is 0 Å². The lowest BCUT2D eigenvalue weighted by Gasteiger charge is -2.33. The third-order valence-corrected chi connectivity index (χ3v) is 3.80. The number of unbranched alkanes of at least 4 members (excludes halogenated alkanes) is 3. The van der Waals surface area contributed by atoms with Crippen molar-refractivity contribution in [3.05, 3.63) is 29.8 Å². The molecule has 0 aromatic heterocycles. The number of nitrogens with zero attached hydrogens (tertiary/aromatic N) is 2. The minimum Gasteiger partial charge on any atom is -0.398 e. The van der Waals surface area contributed by atoms with Crippen LogP contribution in [0.25, 0.3) is 0 Å². The molecule has 5 nitrogen and oxygen atoms in total. The van der Waals surface area contributed by atoms with Gasteiger partial charge < -0.3 is 10.8 Å². The number of hydrazine groups is 1. The zero-order valence-corrected chi connectivity index (χ0v) is 13.9. The van der Waals surface area contributed by atoms with Crippen molar-refractivity contribution >= 4 is 5.69 Å². The van der Waals surface area contributed by atoms with Gasteiger partial charge in [0.25, 0.3) is 0 Å². The lowest BCUT2D eigenvalue weighted by molar-refractivity contribution is -0.320. The van der Waals surface area contributed by atoms with Crippen LogP contribution in [0, 0.1) is 0 Å². The summed E-state index contributed by atoms with van der Waals surface area (Å²) >= 11 is 0. The predicted octanol–water partition coefficient (Wildman–Crippen LogP) is 3.38. The number of rotatable bonds is 11. The first-order valence-corrected chi connectivity index (χ1v) is 8.34. The zero-order valence-electron chi connectivity index (χ0n) is 13.9. The van der Waals surface area contributed by atoms with Gasteiger partial charge in [0.1, 0.15) is 6.23 Å². The van der Waals surface area contributed by atoms with E-state index in [0.29, 0.717) is 25.2 Å². The van der Waals surface area contributed by atoms with E-state index in [1.165, 1.54) is 0 Å². The van der Waals surface area contributed by atoms with Crippen LogP contribution < -0.4 is 5.73 Å². The molecular formula is C17H31N3O2. The number of nitrogens with two attached hydrogens (primary N) is 1. The molecule has 0 heterocycles. The molecule has 0 amide bonds. The second-order valence-corrected chi connectivity index (χ2v) is 5.74. The normalized spacial score (nSPS) is 13.0. The van der Waals surface area contributed by atoms with Crippen molar-refractivity contribution in [3.63, 3.8) is 0 Å². The Kier molecular flexibility index (Phi) is 9.08. The third-order valence-electron chi connectivity index (χ3n) is 3.80. The number of para-hydroxylation sites is 1. The van der Waals surface area contributed by atoms with Crippen LogP contribution in [0.2, 0.25) is 0 Å². The number of benzene rings is 1. The minimum absolute atomic E-state index is 0.496. The van der Waals surface area contributed by atoms with E-state index in [4.69, 9.17) is 5.73 Å². The Morgan fingerprint density at radius 2 is 1.77 bits per heavy atom. The summed E-state index contributed by atoms with van der Waals surface area (Å²) in [5.74, 6) is 0. The highest BCUT2D eigenvalue weighted by Crippen LogP contribution is 2.17. The maximum atomic E-state index is 10.3. The summed E-state index contributed by atoms with van der Waals surface area (Å²) in [4.78, 5) is 0. The molecule has 0 aliphatic heterocycles. The first kappa shape index (κ1) is 18.9. The fraction of sp³-hybridized carbons (Fsp3) is 0.647. The van der Waals surface area contributed by atoms with Gasteiger partial charge >= 0.3 is 0 Å². The minimum atomic E-state index is -0.869. The van der Waals surface area contributed by atoms with E-state index in [2.05, 4.69) is 13.8 Å². The second kappa shape index (κ2) is 10.6. The van der Waals surface area contributed by atoms with E-state index in [0.717, 1.165) is 42.8 Å². The Labute approximate surface area is 134 Å². The summed E-state index contributed by atoms with van der Waals surface area (Å²) in [5.41, 5.74) is 7.66. The summed E-state index contributed by atoms with van der Waals surface area (Å²) in [6, 6.07) is 7.64. The molecule has 0 aliphatic carbocycles. The fourth-order valence-corrected chi connectivity index (χ4v) is 2.36. The molecule has 0 spiro atoms. The second-order valence-electron chi connectivity index (χ2n) is 5.74. The van der Waals surface area contributed by atoms with Gasteiger partial charge in [0.2, 0.25) is 0 Å². The number of hydrogen-bond acceptors (Lipinski definition) is 5. The number of nitrogen functional groups attached to an aromatic ring is 1. The van der Waals surface area contributed by atoms with Crippen LogP contribution in [-0.4, -0.2) is 33.3 Å². The van der Waals surface area contributed by atoms with Crippen LogP contribution in [0.5, 0.6) is 0 Å². The zero-order chi connectivity index (χ0) is 16.4. The standard InChI is InChI=1S/C17H31N3O2/c1-3-5-9-13-19(20(22)17(21)12-6-4-2)14-15-10-7-8-11-16(15)18/h7-8,10-11,17,21-22H,3-6,9,12-14,18H2,1-2H3. The van der Waals surface area contributed by atoms with Crippen molar-refractivity contribution < 1.29 is 10.3 Å². The largest absolute Gasteiger partial charge is 0.398 e. The molecule has 1 aromatic rings. The van der Waals surface area contributed by atoms with Gasteiger partial charge in [-0.05, 0) is 30.9 Å². The molecule has 1 aromatic carbocycles. The monoisotopic (exact) mass is 309 g/mol. The van der Waals surface area contributed by atoms with Crippen LogP contribution in [0.4, 0.5) is 5.69 Å². The Bertz CT molecular complexity index is 415. The number of aliphatic hydroxyl groups is 1. The lowest BCUT2D eigenvalue weighted by atomic mass is 10.1. The van der Waals surface area contributed by atoms with Crippen LogP contribution in [-0.2, 0) is 6.54 Å². The van der Waals surface area contributed by atoms with E-state index < -0.39 is 6.23 Å². The van der Waals surface area contributed by atoms with Gasteiger partial charge in [-0.2, -0.15) is 0 Å². The molecule has 1 atom stereocenters. The molecule has 0 saturated carbocycles. The Morgan fingerprint density at radius 1 is 1.09 bits per heavy atom. The number of hydrogen-bond donors (Lipinski definition) is 3. The SMILES string of the molecule is CCCCCN(Cc1ccccc1N)N(O)C(O)CCCC. The molecule has 0 saturated heterocycles. The van der Waals surface area contributed by atoms with Gasteiger partial charge in [-0.25, -0.2) is 5.01 Å². The quantitative estimate of drug-likeness (QED) is 0.253. The van der Waals surface area contributed by atoms with Gasteiger partial charge in [0, 0.05) is 18.8 Å². The van der Waals surface area contributed by atoms with E-state index in [1.54, 1.807) is 5.01 Å². The highest BCUT2D eigenvalue weighted by atomic mass is 16.6. The maximum Gasteiger partial charge on any atom is 0.145 e. The topological polar surface area (TPSA) is 73.0 Å². The summed E-state index contributed by atoms with van der Waals surface area (Å²) < 4.78 is 0. The highest BCUT2D eigenvalue weighted by Gasteiger charge is 2.21. The van der Waals surface area contributed by atoms with Crippen LogP contribution in [0.1, 0.15) is 57.9 Å². The van der Waals surface area contributed by atoms with Crippen molar-refractivity contribution in [1.82, 2.24) is 10.2 Å². The van der Waals surface area contributed by atoms with E-state index in [-0.39, 0.29) is 0 Å². The molecule has 126 valence electrons. The van der Waals surface area contributed by atoms with Gasteiger partial charge in [-0.3, -0.25) is 5.21 Å². The van der Waals surface area contributed by atoms with Crippen LogP contribution in [0.15, 0.2) is 24.3 Å². The smallest absolute Gasteiger partial charge is 0.145 e. The van der Waals surface area contributed by atoms with Crippen molar-refractivity contribution in [2.24, 2.45) is 0 Å². The third kappa shape index (κ3) is 6.32. The molecule has 0 fully saturated rings. The fourth-order valence-electron chi connectivity index (χ4n) is 2.36. The first-order valence-electron chi connectivity index (χ1n) is 8.34. The van der Waals surface area contributed by atoms with E-state index in [9.17, 15) is 10.3 Å². The van der Waals surface area contributed by atoms with E-state index in [1.807, 2.05) is 24.3 Å². The maximum absolute atomic E-state index is 10.3. The summed E-state index contributed by atoms with van der Waals surface area (Å²) in [6.45, 7) is 5.41. The molecule has 4 N–H and O–H groups in total. The average molecular weight is 309 g/mol. The van der Waals surface area contributed by atoms with Gasteiger partial charge in [-0.1, -0.05) is 56.5 Å². The van der Waals surface area contributed by atoms with Gasteiger partial charge in [0.15, 0.2) is 0 Å². The Balaban J connectivity index is 2.71. The first-order chi connectivity index (χ1) is 10.6. The van der Waals surface area contributed by atoms with Gasteiger partial charge in [0.05, 0.1) is 0 Å². The summed E-state index contributed by atoms with van der Waals surface area (Å²) in [5, 5.41) is 23.2. The number of anilines is 1. The predicted molar refractivity (Wildman–Crippen MR) is 89.9 cm³/mol. The summed E-state index contributed by atoms with van der Waals surface area (Å²) in [7, 11) is 0. The number of hydroxylamine groups is 1. The molecule has 0 bridgehead atoms. The molecule has 1 unspecified atom stereocenters.